The summed E-state index contributed by atoms with van der Waals surface area (Å²) >= 11 is 5.67. The van der Waals surface area contributed by atoms with E-state index in [9.17, 15) is 5.11 Å². The molecule has 0 aliphatic rings. The molecule has 0 aliphatic heterocycles. The minimum atomic E-state index is 0.0767. The number of ether oxygens (including phenoxy) is 1. The summed E-state index contributed by atoms with van der Waals surface area (Å²) < 4.78 is 5.11. The molecule has 4 heteroatoms. The number of hydrogen-bond donors (Lipinski definition) is 2. The maximum atomic E-state index is 9.24. The van der Waals surface area contributed by atoms with Crippen LogP contribution in [0.5, 0.6) is 11.5 Å². The van der Waals surface area contributed by atoms with Crippen LogP contribution in [0.3, 0.4) is 0 Å². The van der Waals surface area contributed by atoms with E-state index in [-0.39, 0.29) is 5.75 Å². The van der Waals surface area contributed by atoms with Crippen molar-refractivity contribution in [2.24, 2.45) is 5.73 Å². The van der Waals surface area contributed by atoms with Gasteiger partial charge < -0.3 is 15.6 Å². The van der Waals surface area contributed by atoms with E-state index in [2.05, 4.69) is 0 Å². The molecule has 0 radical (unpaired) electrons. The molecule has 0 aromatic heterocycles. The first-order valence-electron chi connectivity index (χ1n) is 3.55. The van der Waals surface area contributed by atoms with Gasteiger partial charge in [-0.05, 0) is 12.1 Å². The lowest BCUT2D eigenvalue weighted by Crippen LogP contribution is -2.10. The molecule has 0 atom stereocenters. The Kier molecular flexibility index (Phi) is 3.19. The normalized spacial score (nSPS) is 9.83. The third kappa shape index (κ3) is 2.29. The number of phenolic OH excluding ortho intramolecular Hbond substituents is 1. The lowest BCUT2D eigenvalue weighted by Gasteiger charge is -2.06. The summed E-state index contributed by atoms with van der Waals surface area (Å²) in [7, 11) is 0. The molecular formula is C8H10ClNO2. The SMILES string of the molecule is NCCOc1cc(Cl)ccc1O. The van der Waals surface area contributed by atoms with Crippen molar-refractivity contribution in [2.45, 2.75) is 0 Å². The van der Waals surface area contributed by atoms with E-state index in [1.54, 1.807) is 12.1 Å². The van der Waals surface area contributed by atoms with Crippen LogP contribution in [0.4, 0.5) is 0 Å². The van der Waals surface area contributed by atoms with Crippen LogP contribution < -0.4 is 10.5 Å². The third-order valence-electron chi connectivity index (χ3n) is 1.30. The van der Waals surface area contributed by atoms with Crippen molar-refractivity contribution in [2.75, 3.05) is 13.2 Å². The number of benzene rings is 1. The summed E-state index contributed by atoms with van der Waals surface area (Å²) in [4.78, 5) is 0. The van der Waals surface area contributed by atoms with Crippen LogP contribution in [-0.2, 0) is 0 Å². The molecule has 1 aromatic rings. The monoisotopic (exact) mass is 187 g/mol. The van der Waals surface area contributed by atoms with Gasteiger partial charge in [0.25, 0.3) is 0 Å². The van der Waals surface area contributed by atoms with Gasteiger partial charge in [0.2, 0.25) is 0 Å². The van der Waals surface area contributed by atoms with Crippen molar-refractivity contribution in [3.8, 4) is 11.5 Å². The maximum absolute atomic E-state index is 9.24. The molecule has 0 aliphatic carbocycles. The van der Waals surface area contributed by atoms with Gasteiger partial charge in [0.1, 0.15) is 6.61 Å². The quantitative estimate of drug-likeness (QED) is 0.752. The Morgan fingerprint density at radius 3 is 2.92 bits per heavy atom. The molecule has 12 heavy (non-hydrogen) atoms. The Balaban J connectivity index is 2.75. The zero-order chi connectivity index (χ0) is 8.97. The second-order valence-corrected chi connectivity index (χ2v) is 2.69. The predicted molar refractivity (Wildman–Crippen MR) is 47.7 cm³/mol. The fourth-order valence-corrected chi connectivity index (χ4v) is 0.935. The van der Waals surface area contributed by atoms with Crippen LogP contribution in [0.25, 0.3) is 0 Å². The molecule has 0 amide bonds. The van der Waals surface area contributed by atoms with E-state index >= 15 is 0 Å². The molecule has 0 spiro atoms. The van der Waals surface area contributed by atoms with Gasteiger partial charge in [-0.3, -0.25) is 0 Å². The highest BCUT2D eigenvalue weighted by molar-refractivity contribution is 6.30. The molecule has 66 valence electrons. The van der Waals surface area contributed by atoms with Crippen molar-refractivity contribution >= 4 is 11.6 Å². The van der Waals surface area contributed by atoms with E-state index in [1.165, 1.54) is 6.07 Å². The molecule has 0 saturated heterocycles. The van der Waals surface area contributed by atoms with Crippen LogP contribution in [0.15, 0.2) is 18.2 Å². The molecule has 3 N–H and O–H groups in total. The average Bonchev–Trinajstić information content (AvgIpc) is 2.07. The van der Waals surface area contributed by atoms with Gasteiger partial charge in [-0.15, -0.1) is 0 Å². The molecule has 1 rings (SSSR count). The smallest absolute Gasteiger partial charge is 0.162 e. The van der Waals surface area contributed by atoms with Crippen LogP contribution in [-0.4, -0.2) is 18.3 Å². The zero-order valence-corrected chi connectivity index (χ0v) is 7.21. The van der Waals surface area contributed by atoms with E-state index in [1.807, 2.05) is 0 Å². The molecule has 1 aromatic carbocycles. The fourth-order valence-electron chi connectivity index (χ4n) is 0.772. The second-order valence-electron chi connectivity index (χ2n) is 2.25. The summed E-state index contributed by atoms with van der Waals surface area (Å²) in [5.41, 5.74) is 5.22. The van der Waals surface area contributed by atoms with Gasteiger partial charge in [0, 0.05) is 17.6 Å². The van der Waals surface area contributed by atoms with Gasteiger partial charge in [-0.25, -0.2) is 0 Å². The van der Waals surface area contributed by atoms with Gasteiger partial charge in [-0.2, -0.15) is 0 Å². The molecule has 0 fully saturated rings. The third-order valence-corrected chi connectivity index (χ3v) is 1.53. The highest BCUT2D eigenvalue weighted by Crippen LogP contribution is 2.28. The Hall–Kier alpha value is -0.930. The van der Waals surface area contributed by atoms with Gasteiger partial charge >= 0.3 is 0 Å². The number of rotatable bonds is 3. The summed E-state index contributed by atoms with van der Waals surface area (Å²) in [5.74, 6) is 0.445. The first-order chi connectivity index (χ1) is 5.74. The van der Waals surface area contributed by atoms with Crippen LogP contribution in [0.2, 0.25) is 5.02 Å². The van der Waals surface area contributed by atoms with Crippen molar-refractivity contribution < 1.29 is 9.84 Å². The largest absolute Gasteiger partial charge is 0.504 e. The molecule has 0 bridgehead atoms. The van der Waals surface area contributed by atoms with E-state index < -0.39 is 0 Å². The second kappa shape index (κ2) is 4.18. The van der Waals surface area contributed by atoms with Gasteiger partial charge in [0.15, 0.2) is 11.5 Å². The number of aromatic hydroxyl groups is 1. The Bertz CT molecular complexity index is 265. The van der Waals surface area contributed by atoms with Crippen molar-refractivity contribution in [3.05, 3.63) is 23.2 Å². The lowest BCUT2D eigenvalue weighted by atomic mass is 10.3. The molecule has 0 heterocycles. The van der Waals surface area contributed by atoms with Crippen LogP contribution in [0.1, 0.15) is 0 Å². The molecule has 0 unspecified atom stereocenters. The average molecular weight is 188 g/mol. The van der Waals surface area contributed by atoms with Gasteiger partial charge in [0.05, 0.1) is 0 Å². The van der Waals surface area contributed by atoms with Gasteiger partial charge in [-0.1, -0.05) is 11.6 Å². The van der Waals surface area contributed by atoms with Crippen molar-refractivity contribution in [1.82, 2.24) is 0 Å². The van der Waals surface area contributed by atoms with E-state index in [0.29, 0.717) is 23.9 Å². The zero-order valence-electron chi connectivity index (χ0n) is 6.46. The maximum Gasteiger partial charge on any atom is 0.162 e. The molecular weight excluding hydrogens is 178 g/mol. The van der Waals surface area contributed by atoms with E-state index in [0.717, 1.165) is 0 Å². The van der Waals surface area contributed by atoms with E-state index in [4.69, 9.17) is 22.1 Å². The van der Waals surface area contributed by atoms with Crippen molar-refractivity contribution in [1.29, 1.82) is 0 Å². The minimum Gasteiger partial charge on any atom is -0.504 e. The van der Waals surface area contributed by atoms with Crippen LogP contribution in [0, 0.1) is 0 Å². The summed E-state index contributed by atoms with van der Waals surface area (Å²) in [6.07, 6.45) is 0. The summed E-state index contributed by atoms with van der Waals surface area (Å²) in [5, 5.41) is 9.76. The summed E-state index contributed by atoms with van der Waals surface area (Å²) in [6, 6.07) is 4.62. The standard InChI is InChI=1S/C8H10ClNO2/c9-6-1-2-7(11)8(5-6)12-4-3-10/h1-2,5,11H,3-4,10H2. The Morgan fingerprint density at radius 2 is 2.25 bits per heavy atom. The number of nitrogens with two attached hydrogens (primary N) is 1. The van der Waals surface area contributed by atoms with Crippen LogP contribution >= 0.6 is 11.6 Å². The summed E-state index contributed by atoms with van der Waals surface area (Å²) in [6.45, 7) is 0.778. The minimum absolute atomic E-state index is 0.0767. The Morgan fingerprint density at radius 1 is 1.50 bits per heavy atom. The fraction of sp³-hybridized carbons (Fsp3) is 0.250. The number of halogens is 1. The lowest BCUT2D eigenvalue weighted by molar-refractivity contribution is 0.308. The first kappa shape index (κ1) is 9.16. The molecule has 0 saturated carbocycles. The predicted octanol–water partition coefficient (Wildman–Crippen LogP) is 1.38. The topological polar surface area (TPSA) is 55.5 Å². The molecule has 3 nitrogen and oxygen atoms in total. The first-order valence-corrected chi connectivity index (χ1v) is 3.93. The highest BCUT2D eigenvalue weighted by atomic mass is 35.5. The Labute approximate surface area is 75.7 Å². The highest BCUT2D eigenvalue weighted by Gasteiger charge is 2.01. The number of hydrogen-bond acceptors (Lipinski definition) is 3. The van der Waals surface area contributed by atoms with Crippen molar-refractivity contribution in [3.63, 3.8) is 0 Å². The number of phenols is 1.